The van der Waals surface area contributed by atoms with E-state index in [0.717, 1.165) is 18.2 Å². The number of benzene rings is 2. The number of rotatable bonds is 5. The predicted molar refractivity (Wildman–Crippen MR) is 79.7 cm³/mol. The minimum atomic E-state index is -4.46. The first-order chi connectivity index (χ1) is 9.39. The van der Waals surface area contributed by atoms with Gasteiger partial charge in [0.1, 0.15) is 10.1 Å². The van der Waals surface area contributed by atoms with Crippen LogP contribution < -0.4 is 51.4 Å². The molecule has 2 aromatic rings. The van der Waals surface area contributed by atoms with E-state index in [4.69, 9.17) is 0 Å². The van der Waals surface area contributed by atoms with Crippen LogP contribution in [0.25, 0.3) is 10.8 Å². The third-order valence-electron chi connectivity index (χ3n) is 3.44. The predicted octanol–water partition coefficient (Wildman–Crippen LogP) is 0.727. The van der Waals surface area contributed by atoms with Crippen molar-refractivity contribution in [2.75, 3.05) is 0 Å². The van der Waals surface area contributed by atoms with Crippen LogP contribution in [0, 0.1) is 5.92 Å². The summed E-state index contributed by atoms with van der Waals surface area (Å²) < 4.78 is 34.8. The Hall–Kier alpha value is 0.246. The Morgan fingerprint density at radius 1 is 1.10 bits per heavy atom. The third kappa shape index (κ3) is 5.13. The summed E-state index contributed by atoms with van der Waals surface area (Å²) >= 11 is 0. The second kappa shape index (κ2) is 8.20. The Morgan fingerprint density at radius 2 is 1.76 bits per heavy atom. The molecule has 0 N–H and O–H groups in total. The molecule has 3 nitrogen and oxygen atoms in total. The Kier molecular flexibility index (Phi) is 7.53. The summed E-state index contributed by atoms with van der Waals surface area (Å²) in [6.07, 6.45) is 2.53. The molecule has 0 aliphatic rings. The second-order valence-corrected chi connectivity index (χ2v) is 6.83. The van der Waals surface area contributed by atoms with Crippen molar-refractivity contribution in [1.82, 2.24) is 0 Å². The number of aryl methyl sites for hydroxylation is 1. The smallest absolute Gasteiger partial charge is 0.744 e. The van der Waals surface area contributed by atoms with E-state index in [1.54, 1.807) is 18.2 Å². The van der Waals surface area contributed by atoms with Gasteiger partial charge in [0.2, 0.25) is 0 Å². The van der Waals surface area contributed by atoms with Crippen LogP contribution in [0.2, 0.25) is 0 Å². The van der Waals surface area contributed by atoms with Gasteiger partial charge in [-0.3, -0.25) is 0 Å². The van der Waals surface area contributed by atoms with E-state index in [2.05, 4.69) is 13.8 Å². The maximum Gasteiger partial charge on any atom is 1.00 e. The van der Waals surface area contributed by atoms with Crippen molar-refractivity contribution in [3.8, 4) is 0 Å². The van der Waals surface area contributed by atoms with Gasteiger partial charge in [-0.25, -0.2) is 8.42 Å². The molecule has 108 valence electrons. The van der Waals surface area contributed by atoms with E-state index in [1.165, 1.54) is 0 Å². The molecule has 0 aliphatic heterocycles. The summed E-state index contributed by atoms with van der Waals surface area (Å²) in [7, 11) is -4.46. The third-order valence-corrected chi connectivity index (χ3v) is 4.42. The van der Waals surface area contributed by atoms with Crippen molar-refractivity contribution in [2.45, 2.75) is 38.0 Å². The molecule has 0 heterocycles. The molecular formula is C16H19KO3S. The molecule has 0 bridgehead atoms. The summed E-state index contributed by atoms with van der Waals surface area (Å²) in [5.74, 6) is 0.572. The molecule has 0 aliphatic carbocycles. The molecule has 0 amide bonds. The van der Waals surface area contributed by atoms with Gasteiger partial charge in [0.25, 0.3) is 0 Å². The van der Waals surface area contributed by atoms with Gasteiger partial charge in [-0.15, -0.1) is 0 Å². The van der Waals surface area contributed by atoms with E-state index in [1.807, 2.05) is 18.2 Å². The number of fused-ring (bicyclic) bond motifs is 1. The molecule has 0 spiro atoms. The van der Waals surface area contributed by atoms with Crippen LogP contribution in [-0.2, 0) is 16.5 Å². The van der Waals surface area contributed by atoms with Gasteiger partial charge in [0, 0.05) is 0 Å². The summed E-state index contributed by atoms with van der Waals surface area (Å²) in [5, 5.41) is 1.32. The van der Waals surface area contributed by atoms with Crippen LogP contribution in [0.3, 0.4) is 0 Å². The Balaban J connectivity index is 0.00000220. The van der Waals surface area contributed by atoms with Gasteiger partial charge in [0.15, 0.2) is 0 Å². The molecular weight excluding hydrogens is 311 g/mol. The molecule has 0 saturated carbocycles. The van der Waals surface area contributed by atoms with Crippen LogP contribution in [0.5, 0.6) is 0 Å². The van der Waals surface area contributed by atoms with Gasteiger partial charge >= 0.3 is 51.4 Å². The van der Waals surface area contributed by atoms with Crippen molar-refractivity contribution in [1.29, 1.82) is 0 Å². The van der Waals surface area contributed by atoms with Crippen molar-refractivity contribution in [3.05, 3.63) is 42.0 Å². The molecule has 2 aromatic carbocycles. The Labute approximate surface area is 169 Å². The van der Waals surface area contributed by atoms with Crippen molar-refractivity contribution in [3.63, 3.8) is 0 Å². The molecule has 0 fully saturated rings. The summed E-state index contributed by atoms with van der Waals surface area (Å²) in [6.45, 7) is 4.26. The van der Waals surface area contributed by atoms with Crippen LogP contribution in [0.4, 0.5) is 0 Å². The molecule has 2 rings (SSSR count). The fourth-order valence-corrected chi connectivity index (χ4v) is 3.43. The maximum atomic E-state index is 11.6. The Morgan fingerprint density at radius 3 is 2.38 bits per heavy atom. The van der Waals surface area contributed by atoms with Gasteiger partial charge in [-0.1, -0.05) is 56.7 Å². The van der Waals surface area contributed by atoms with E-state index in [0.29, 0.717) is 23.3 Å². The van der Waals surface area contributed by atoms with Gasteiger partial charge in [-0.2, -0.15) is 0 Å². The number of hydrogen-bond donors (Lipinski definition) is 0. The second-order valence-electron chi connectivity index (χ2n) is 5.52. The van der Waals surface area contributed by atoms with Crippen LogP contribution in [0.15, 0.2) is 41.3 Å². The average Bonchev–Trinajstić information content (AvgIpc) is 2.36. The Bertz CT molecular complexity index is 709. The number of hydrogen-bond acceptors (Lipinski definition) is 3. The van der Waals surface area contributed by atoms with Crippen molar-refractivity contribution >= 4 is 20.9 Å². The zero-order valence-corrected chi connectivity index (χ0v) is 16.7. The first-order valence-corrected chi connectivity index (χ1v) is 8.27. The molecule has 5 heteroatoms. The molecule has 0 radical (unpaired) electrons. The summed E-state index contributed by atoms with van der Waals surface area (Å²) in [4.78, 5) is -0.0423. The first-order valence-electron chi connectivity index (χ1n) is 6.86. The first kappa shape index (κ1) is 19.3. The average molecular weight is 330 g/mol. The quantitative estimate of drug-likeness (QED) is 0.600. The summed E-state index contributed by atoms with van der Waals surface area (Å²) in [6, 6.07) is 10.8. The van der Waals surface area contributed by atoms with E-state index in [-0.39, 0.29) is 56.3 Å². The minimum Gasteiger partial charge on any atom is -0.744 e. The SMILES string of the molecule is CC(C)CCCc1ccc2ccccc2c1S(=O)(=O)[O-].[K+]. The largest absolute Gasteiger partial charge is 1.00 e. The standard InChI is InChI=1S/C16H20O3S.K/c1-12(2)6-5-8-14-11-10-13-7-3-4-9-15(13)16(14)20(17,18)19;/h3-4,7,9-12H,5-6,8H2,1-2H3,(H,17,18,19);/q;+1/p-1. The fraction of sp³-hybridized carbons (Fsp3) is 0.375. The van der Waals surface area contributed by atoms with Gasteiger partial charge < -0.3 is 4.55 Å². The fourth-order valence-electron chi connectivity index (χ4n) is 2.48. The topological polar surface area (TPSA) is 57.2 Å². The minimum absolute atomic E-state index is 0. The summed E-state index contributed by atoms with van der Waals surface area (Å²) in [5.41, 5.74) is 0.638. The van der Waals surface area contributed by atoms with E-state index in [9.17, 15) is 13.0 Å². The zero-order chi connectivity index (χ0) is 14.8. The van der Waals surface area contributed by atoms with Crippen LogP contribution >= 0.6 is 0 Å². The van der Waals surface area contributed by atoms with Gasteiger partial charge in [-0.05, 0) is 35.1 Å². The van der Waals surface area contributed by atoms with Crippen LogP contribution in [-0.4, -0.2) is 13.0 Å². The maximum absolute atomic E-state index is 11.6. The molecule has 0 unspecified atom stereocenters. The van der Waals surface area contributed by atoms with Crippen molar-refractivity contribution < 1.29 is 64.4 Å². The molecule has 0 atom stereocenters. The van der Waals surface area contributed by atoms with E-state index >= 15 is 0 Å². The molecule has 0 aromatic heterocycles. The molecule has 0 saturated heterocycles. The monoisotopic (exact) mass is 330 g/mol. The van der Waals surface area contributed by atoms with Crippen LogP contribution in [0.1, 0.15) is 32.3 Å². The zero-order valence-electron chi connectivity index (χ0n) is 12.8. The molecule has 21 heavy (non-hydrogen) atoms. The van der Waals surface area contributed by atoms with Gasteiger partial charge in [0.05, 0.1) is 4.90 Å². The normalized spacial score (nSPS) is 11.6. The van der Waals surface area contributed by atoms with Crippen molar-refractivity contribution in [2.24, 2.45) is 5.92 Å². The van der Waals surface area contributed by atoms with E-state index < -0.39 is 10.1 Å².